The van der Waals surface area contributed by atoms with Crippen LogP contribution in [0.2, 0.25) is 5.15 Å². The largest absolute Gasteiger partial charge is 0.467 e. The zero-order valence-corrected chi connectivity index (χ0v) is 12.2. The monoisotopic (exact) mass is 285 g/mol. The van der Waals surface area contributed by atoms with Crippen LogP contribution in [-0.2, 0) is 0 Å². The zero-order chi connectivity index (χ0) is 13.9. The van der Waals surface area contributed by atoms with E-state index in [9.17, 15) is 5.11 Å². The average Bonchev–Trinajstić information content (AvgIpc) is 2.38. The highest BCUT2D eigenvalue weighted by molar-refractivity contribution is 6.29. The fourth-order valence-electron chi connectivity index (χ4n) is 2.69. The van der Waals surface area contributed by atoms with Gasteiger partial charge in [0.25, 0.3) is 0 Å². The van der Waals surface area contributed by atoms with Gasteiger partial charge in [-0.3, -0.25) is 0 Å². The molecule has 0 radical (unpaired) electrons. The van der Waals surface area contributed by atoms with Crippen molar-refractivity contribution in [3.63, 3.8) is 0 Å². The number of aliphatic hydroxyl groups excluding tert-OH is 1. The van der Waals surface area contributed by atoms with E-state index in [1.54, 1.807) is 6.07 Å². The number of aliphatic hydroxyl groups is 1. The van der Waals surface area contributed by atoms with Crippen LogP contribution in [0.1, 0.15) is 32.6 Å². The number of nitrogens with zero attached hydrogens (tertiary/aromatic N) is 3. The SMILES string of the molecule is COc1nc(Cl)cc(N2CCCCC2(C)CCO)n1. The number of rotatable bonds is 4. The standard InChI is InChI=1S/C13H20ClN3O2/c1-13(6-8-18)5-3-4-7-17(13)11-9-10(14)15-12(16-11)19-2/h9,18H,3-8H2,1-2H3. The smallest absolute Gasteiger partial charge is 0.319 e. The summed E-state index contributed by atoms with van der Waals surface area (Å²) in [6, 6.07) is 2.03. The summed E-state index contributed by atoms with van der Waals surface area (Å²) in [5.41, 5.74) is -0.0876. The van der Waals surface area contributed by atoms with Crippen LogP contribution in [0.3, 0.4) is 0 Å². The minimum atomic E-state index is -0.0876. The predicted octanol–water partition coefficient (Wildman–Crippen LogP) is 2.27. The Morgan fingerprint density at radius 3 is 2.95 bits per heavy atom. The van der Waals surface area contributed by atoms with Crippen LogP contribution in [0, 0.1) is 0 Å². The summed E-state index contributed by atoms with van der Waals surface area (Å²) in [6.07, 6.45) is 4.04. The van der Waals surface area contributed by atoms with Gasteiger partial charge in [-0.15, -0.1) is 0 Å². The van der Waals surface area contributed by atoms with Gasteiger partial charge >= 0.3 is 6.01 Å². The van der Waals surface area contributed by atoms with Gasteiger partial charge in [-0.25, -0.2) is 0 Å². The molecule has 0 amide bonds. The number of ether oxygens (including phenoxy) is 1. The van der Waals surface area contributed by atoms with E-state index in [2.05, 4.69) is 21.8 Å². The molecule has 19 heavy (non-hydrogen) atoms. The van der Waals surface area contributed by atoms with E-state index in [4.69, 9.17) is 16.3 Å². The molecule has 1 aliphatic rings. The molecule has 2 heterocycles. The van der Waals surface area contributed by atoms with Gasteiger partial charge in [0, 0.05) is 24.8 Å². The first-order valence-corrected chi connectivity index (χ1v) is 6.94. The lowest BCUT2D eigenvalue weighted by molar-refractivity contribution is 0.217. The van der Waals surface area contributed by atoms with Crippen molar-refractivity contribution in [2.45, 2.75) is 38.1 Å². The second kappa shape index (κ2) is 5.92. The number of aromatic nitrogens is 2. The normalized spacial score (nSPS) is 23.5. The molecule has 1 fully saturated rings. The maximum atomic E-state index is 9.29. The minimum absolute atomic E-state index is 0.0876. The third-order valence-electron chi connectivity index (χ3n) is 3.77. The van der Waals surface area contributed by atoms with Crippen LogP contribution < -0.4 is 9.64 Å². The quantitative estimate of drug-likeness (QED) is 0.860. The van der Waals surface area contributed by atoms with Crippen molar-refractivity contribution < 1.29 is 9.84 Å². The van der Waals surface area contributed by atoms with Crippen LogP contribution in [0.5, 0.6) is 6.01 Å². The van der Waals surface area contributed by atoms with Crippen LogP contribution in [-0.4, -0.2) is 40.9 Å². The van der Waals surface area contributed by atoms with E-state index in [0.29, 0.717) is 5.15 Å². The van der Waals surface area contributed by atoms with Crippen LogP contribution in [0.4, 0.5) is 5.82 Å². The maximum Gasteiger partial charge on any atom is 0.319 e. The highest BCUT2D eigenvalue weighted by Gasteiger charge is 2.35. The lowest BCUT2D eigenvalue weighted by Crippen LogP contribution is -2.51. The Morgan fingerprint density at radius 2 is 2.26 bits per heavy atom. The van der Waals surface area contributed by atoms with Crippen molar-refractivity contribution in [1.82, 2.24) is 9.97 Å². The third kappa shape index (κ3) is 3.09. The van der Waals surface area contributed by atoms with Crippen molar-refractivity contribution in [1.29, 1.82) is 0 Å². The number of anilines is 1. The highest BCUT2D eigenvalue weighted by atomic mass is 35.5. The molecule has 1 saturated heterocycles. The van der Waals surface area contributed by atoms with Crippen molar-refractivity contribution >= 4 is 17.4 Å². The fourth-order valence-corrected chi connectivity index (χ4v) is 2.86. The first-order valence-electron chi connectivity index (χ1n) is 6.56. The summed E-state index contributed by atoms with van der Waals surface area (Å²) in [7, 11) is 1.53. The fraction of sp³-hybridized carbons (Fsp3) is 0.692. The van der Waals surface area contributed by atoms with Gasteiger partial charge in [0.15, 0.2) is 0 Å². The average molecular weight is 286 g/mol. The van der Waals surface area contributed by atoms with Gasteiger partial charge in [0.1, 0.15) is 11.0 Å². The second-order valence-electron chi connectivity index (χ2n) is 5.11. The minimum Gasteiger partial charge on any atom is -0.467 e. The molecular formula is C13H20ClN3O2. The summed E-state index contributed by atoms with van der Waals surface area (Å²) in [4.78, 5) is 10.6. The number of halogens is 1. The first kappa shape index (κ1) is 14.3. The lowest BCUT2D eigenvalue weighted by Gasteiger charge is -2.45. The molecule has 1 unspecified atom stereocenters. The molecule has 1 aromatic heterocycles. The zero-order valence-electron chi connectivity index (χ0n) is 11.4. The van der Waals surface area contributed by atoms with Gasteiger partial charge in [-0.2, -0.15) is 9.97 Å². The summed E-state index contributed by atoms with van der Waals surface area (Å²) in [5.74, 6) is 0.771. The van der Waals surface area contributed by atoms with Crippen LogP contribution >= 0.6 is 11.6 Å². The van der Waals surface area contributed by atoms with Crippen molar-refractivity contribution in [3.05, 3.63) is 11.2 Å². The molecule has 1 N–H and O–H groups in total. The Kier molecular flexibility index (Phi) is 4.47. The lowest BCUT2D eigenvalue weighted by atomic mass is 9.85. The second-order valence-corrected chi connectivity index (χ2v) is 5.50. The molecule has 0 aromatic carbocycles. The molecule has 1 aromatic rings. The molecule has 0 bridgehead atoms. The van der Waals surface area contributed by atoms with Gasteiger partial charge in [0.2, 0.25) is 0 Å². The third-order valence-corrected chi connectivity index (χ3v) is 3.96. The molecule has 106 valence electrons. The summed E-state index contributed by atoms with van der Waals surface area (Å²) >= 11 is 6.01. The molecule has 1 aliphatic heterocycles. The van der Waals surface area contributed by atoms with E-state index in [-0.39, 0.29) is 18.2 Å². The molecule has 1 atom stereocenters. The summed E-state index contributed by atoms with van der Waals surface area (Å²) in [6.45, 7) is 3.24. The predicted molar refractivity (Wildman–Crippen MR) is 74.9 cm³/mol. The molecule has 0 spiro atoms. The van der Waals surface area contributed by atoms with Crippen LogP contribution in [0.25, 0.3) is 0 Å². The van der Waals surface area contributed by atoms with Gasteiger partial charge in [-0.1, -0.05) is 11.6 Å². The van der Waals surface area contributed by atoms with E-state index in [0.717, 1.165) is 31.6 Å². The number of hydrogen-bond acceptors (Lipinski definition) is 5. The van der Waals surface area contributed by atoms with Gasteiger partial charge in [-0.05, 0) is 32.6 Å². The Morgan fingerprint density at radius 1 is 1.47 bits per heavy atom. The van der Waals surface area contributed by atoms with E-state index < -0.39 is 0 Å². The van der Waals surface area contributed by atoms with E-state index in [1.165, 1.54) is 13.5 Å². The summed E-state index contributed by atoms with van der Waals surface area (Å²) in [5, 5.41) is 9.67. The topological polar surface area (TPSA) is 58.5 Å². The molecule has 2 rings (SSSR count). The molecular weight excluding hydrogens is 266 g/mol. The Labute approximate surface area is 118 Å². The Balaban J connectivity index is 2.34. The first-order chi connectivity index (χ1) is 9.09. The van der Waals surface area contributed by atoms with Crippen molar-refractivity contribution in [2.24, 2.45) is 0 Å². The number of hydrogen-bond donors (Lipinski definition) is 1. The maximum absolute atomic E-state index is 9.29. The Hall–Kier alpha value is -1.07. The number of methoxy groups -OCH3 is 1. The molecule has 0 aliphatic carbocycles. The highest BCUT2D eigenvalue weighted by Crippen LogP contribution is 2.35. The molecule has 6 heteroatoms. The van der Waals surface area contributed by atoms with Crippen molar-refractivity contribution in [2.75, 3.05) is 25.2 Å². The van der Waals surface area contributed by atoms with E-state index >= 15 is 0 Å². The van der Waals surface area contributed by atoms with E-state index in [1.807, 2.05) is 0 Å². The molecule has 0 saturated carbocycles. The molecule has 5 nitrogen and oxygen atoms in total. The Bertz CT molecular complexity index is 440. The van der Waals surface area contributed by atoms with Gasteiger partial charge < -0.3 is 14.7 Å². The number of piperidine rings is 1. The summed E-state index contributed by atoms with van der Waals surface area (Å²) < 4.78 is 5.07. The van der Waals surface area contributed by atoms with Crippen LogP contribution in [0.15, 0.2) is 6.07 Å². The van der Waals surface area contributed by atoms with Crippen molar-refractivity contribution in [3.8, 4) is 6.01 Å². The van der Waals surface area contributed by atoms with Gasteiger partial charge in [0.05, 0.1) is 7.11 Å².